The zero-order valence-electron chi connectivity index (χ0n) is 30.3. The molecule has 0 N–H and O–H groups in total. The minimum Gasteiger partial charge on any atom is -0.457 e. The molecule has 3 aromatic heterocycles. The predicted molar refractivity (Wildman–Crippen MR) is 201 cm³/mol. The van der Waals surface area contributed by atoms with Crippen molar-refractivity contribution >= 4 is 29.1 Å². The van der Waals surface area contributed by atoms with Gasteiger partial charge in [0.15, 0.2) is 5.69 Å². The third-order valence-corrected chi connectivity index (χ3v) is 10.6. The summed E-state index contributed by atoms with van der Waals surface area (Å²) in [5.41, 5.74) is 8.30. The van der Waals surface area contributed by atoms with Gasteiger partial charge < -0.3 is 22.0 Å². The lowest BCUT2D eigenvalue weighted by Crippen LogP contribution is -2.54. The molecule has 4 heterocycles. The van der Waals surface area contributed by atoms with E-state index in [0.29, 0.717) is 0 Å². The molecule has 0 atom stereocenters. The van der Waals surface area contributed by atoms with Crippen LogP contribution in [0.5, 0.6) is 11.5 Å². The highest BCUT2D eigenvalue weighted by Crippen LogP contribution is 2.47. The van der Waals surface area contributed by atoms with Crippen molar-refractivity contribution < 1.29 is 26.6 Å². The van der Waals surface area contributed by atoms with Gasteiger partial charge in [0.1, 0.15) is 34.9 Å². The molecule has 0 aliphatic carbocycles. The van der Waals surface area contributed by atoms with Gasteiger partial charge in [0, 0.05) is 45.5 Å². The highest BCUT2D eigenvalue weighted by Gasteiger charge is 2.50. The second-order valence-corrected chi connectivity index (χ2v) is 15.5. The monoisotopic (exact) mass is 704 g/mol. The Bertz CT molecular complexity index is 2450. The van der Waals surface area contributed by atoms with E-state index in [0.717, 1.165) is 34.0 Å². The smallest absolute Gasteiger partial charge is 0.457 e. The molecule has 10 heteroatoms. The summed E-state index contributed by atoms with van der Waals surface area (Å²) in [5.74, 6) is 2.47. The van der Waals surface area contributed by atoms with Crippen molar-refractivity contribution in [2.24, 2.45) is 0 Å². The number of aromatic nitrogens is 4. The number of nitrogens with zero attached hydrogens (tertiary/aromatic N) is 4. The van der Waals surface area contributed by atoms with Gasteiger partial charge in [-0.2, -0.15) is 4.57 Å². The average Bonchev–Trinajstić information content (AvgIpc) is 3.68. The van der Waals surface area contributed by atoms with Crippen LogP contribution in [0.1, 0.15) is 65.3 Å². The van der Waals surface area contributed by atoms with Crippen molar-refractivity contribution in [3.63, 3.8) is 0 Å². The molecular formula is C42H41BF4N4O. The molecule has 0 radical (unpaired) electrons. The minimum absolute atomic E-state index is 0.0164. The summed E-state index contributed by atoms with van der Waals surface area (Å²) in [7, 11) is -6.00. The lowest BCUT2D eigenvalue weighted by molar-refractivity contribution is -0.613. The number of halogens is 4. The second kappa shape index (κ2) is 12.4. The molecule has 0 spiro atoms. The summed E-state index contributed by atoms with van der Waals surface area (Å²) >= 11 is 0. The summed E-state index contributed by atoms with van der Waals surface area (Å²) in [6.45, 7) is 16.1. The van der Waals surface area contributed by atoms with Crippen molar-refractivity contribution in [2.75, 3.05) is 0 Å². The highest BCUT2D eigenvalue weighted by molar-refractivity contribution is 6.50. The number of rotatable bonds is 4. The number of fused-ring (bicyclic) bond motifs is 6. The fourth-order valence-corrected chi connectivity index (χ4v) is 7.19. The first kappa shape index (κ1) is 35.0. The molecule has 0 saturated carbocycles. The van der Waals surface area contributed by atoms with Gasteiger partial charge >= 0.3 is 7.25 Å². The van der Waals surface area contributed by atoms with Crippen LogP contribution in [0.3, 0.4) is 0 Å². The zero-order valence-corrected chi connectivity index (χ0v) is 30.3. The Morgan fingerprint density at radius 2 is 1.38 bits per heavy atom. The largest absolute Gasteiger partial charge is 0.673 e. The van der Waals surface area contributed by atoms with E-state index in [4.69, 9.17) is 9.72 Å². The molecular weight excluding hydrogens is 663 g/mol. The van der Waals surface area contributed by atoms with Crippen LogP contribution in [0.4, 0.5) is 17.3 Å². The van der Waals surface area contributed by atoms with Crippen LogP contribution in [-0.4, -0.2) is 21.4 Å². The maximum atomic E-state index is 9.75. The van der Waals surface area contributed by atoms with Crippen molar-refractivity contribution in [3.8, 4) is 28.7 Å². The Morgan fingerprint density at radius 1 is 0.712 bits per heavy atom. The number of para-hydroxylation sites is 2. The van der Waals surface area contributed by atoms with E-state index >= 15 is 0 Å². The molecule has 0 unspecified atom stereocenters. The fourth-order valence-electron chi connectivity index (χ4n) is 7.19. The highest BCUT2D eigenvalue weighted by atomic mass is 19.5. The summed E-state index contributed by atoms with van der Waals surface area (Å²) in [6, 6.07) is 36.3. The molecule has 8 rings (SSSR count). The topological polar surface area (TPSA) is 35.9 Å². The van der Waals surface area contributed by atoms with Crippen molar-refractivity contribution in [2.45, 2.75) is 64.7 Å². The number of imidazole rings is 1. The molecule has 266 valence electrons. The van der Waals surface area contributed by atoms with Gasteiger partial charge in [-0.15, -0.1) is 0 Å². The average molecular weight is 705 g/mol. The standard InChI is InChI=1S/C42H41N4O.BF4/c1-40(2,3)28-21-22-43-39(23-28)46-35-17-10-8-15-32(35)33-20-19-31(25-37(33)46)47-30-14-12-13-29(24-30)44-26-38-42(6,7)41(4,5)34-16-9-11-18-36(34)45(38)27-44;2-1(3,4)5/h8-27H,1-7H3;/q+1;-1. The van der Waals surface area contributed by atoms with E-state index in [1.807, 2.05) is 12.3 Å². The summed E-state index contributed by atoms with van der Waals surface area (Å²) < 4.78 is 52.4. The molecule has 7 aromatic rings. The van der Waals surface area contributed by atoms with Gasteiger partial charge in [-0.1, -0.05) is 90.9 Å². The van der Waals surface area contributed by atoms with E-state index in [1.54, 1.807) is 0 Å². The third kappa shape index (κ3) is 6.24. The first-order chi connectivity index (χ1) is 24.4. The Hall–Kier alpha value is -5.38. The summed E-state index contributed by atoms with van der Waals surface area (Å²) in [6.07, 6.45) is 6.40. The van der Waals surface area contributed by atoms with E-state index in [2.05, 4.69) is 172 Å². The maximum absolute atomic E-state index is 9.75. The van der Waals surface area contributed by atoms with Crippen LogP contribution in [0.15, 0.2) is 122 Å². The van der Waals surface area contributed by atoms with Crippen molar-refractivity contribution in [1.82, 2.24) is 14.1 Å². The SMILES string of the molecule is CC(C)(C)c1ccnc(-n2c3ccccc3c3ccc(Oc4cccc(-n5cc6[n+](c5)-c5ccccc5C(C)(C)C6(C)C)c4)cc32)c1.F[B-](F)(F)F. The second-order valence-electron chi connectivity index (χ2n) is 15.5. The Kier molecular flexibility index (Phi) is 8.35. The van der Waals surface area contributed by atoms with E-state index < -0.39 is 7.25 Å². The molecule has 52 heavy (non-hydrogen) atoms. The van der Waals surface area contributed by atoms with Gasteiger partial charge in [0.2, 0.25) is 0 Å². The zero-order chi connectivity index (χ0) is 37.2. The van der Waals surface area contributed by atoms with Gasteiger partial charge in [-0.25, -0.2) is 9.55 Å². The number of hydrogen-bond donors (Lipinski definition) is 0. The quantitative estimate of drug-likeness (QED) is 0.104. The minimum atomic E-state index is -6.00. The molecule has 5 nitrogen and oxygen atoms in total. The number of ether oxygens (including phenoxy) is 1. The number of pyridine rings is 1. The lowest BCUT2D eigenvalue weighted by atomic mass is 9.60. The van der Waals surface area contributed by atoms with Gasteiger partial charge in [0.25, 0.3) is 6.33 Å². The number of hydrogen-bond acceptors (Lipinski definition) is 2. The first-order valence-corrected chi connectivity index (χ1v) is 17.3. The molecule has 4 aromatic carbocycles. The van der Waals surface area contributed by atoms with Crippen LogP contribution >= 0.6 is 0 Å². The fraction of sp³-hybridized carbons (Fsp3) is 0.238. The predicted octanol–water partition coefficient (Wildman–Crippen LogP) is 11.2. The Balaban J connectivity index is 0.000000789. The number of benzene rings is 4. The van der Waals surface area contributed by atoms with Crippen LogP contribution in [0.2, 0.25) is 0 Å². The lowest BCUT2D eigenvalue weighted by Gasteiger charge is -2.44. The van der Waals surface area contributed by atoms with Crippen molar-refractivity contribution in [1.29, 1.82) is 0 Å². The van der Waals surface area contributed by atoms with E-state index in [-0.39, 0.29) is 16.2 Å². The van der Waals surface area contributed by atoms with Gasteiger partial charge in [-0.3, -0.25) is 4.57 Å². The molecule has 1 aliphatic heterocycles. The molecule has 1 aliphatic rings. The maximum Gasteiger partial charge on any atom is 0.673 e. The normalized spacial score (nSPS) is 14.8. The van der Waals surface area contributed by atoms with Crippen LogP contribution < -0.4 is 9.30 Å². The molecule has 0 fully saturated rings. The Labute approximate surface area is 301 Å². The third-order valence-electron chi connectivity index (χ3n) is 10.6. The Morgan fingerprint density at radius 3 is 2.13 bits per heavy atom. The van der Waals surface area contributed by atoms with Crippen LogP contribution in [0, 0.1) is 0 Å². The molecule has 0 bridgehead atoms. The van der Waals surface area contributed by atoms with Gasteiger partial charge in [0.05, 0.1) is 11.0 Å². The van der Waals surface area contributed by atoms with E-state index in [9.17, 15) is 17.3 Å². The molecule has 0 amide bonds. The summed E-state index contributed by atoms with van der Waals surface area (Å²) in [5, 5.41) is 2.37. The van der Waals surface area contributed by atoms with E-state index in [1.165, 1.54) is 33.3 Å². The van der Waals surface area contributed by atoms with Crippen LogP contribution in [0.25, 0.3) is 39.0 Å². The van der Waals surface area contributed by atoms with Crippen LogP contribution in [-0.2, 0) is 16.2 Å². The molecule has 0 saturated heterocycles. The summed E-state index contributed by atoms with van der Waals surface area (Å²) in [4.78, 5) is 4.83. The van der Waals surface area contributed by atoms with Gasteiger partial charge in [-0.05, 0) is 59.5 Å². The first-order valence-electron chi connectivity index (χ1n) is 17.3. The van der Waals surface area contributed by atoms with Crippen molar-refractivity contribution in [3.05, 3.63) is 139 Å².